The molecule has 0 unspecified atom stereocenters. The molecule has 14 nitrogen and oxygen atoms in total. The molecule has 0 aliphatic carbocycles. The van der Waals surface area contributed by atoms with E-state index in [1.54, 1.807) is 20.8 Å². The van der Waals surface area contributed by atoms with Gasteiger partial charge in [0, 0.05) is 13.6 Å². The molecular formula is C38H72N6O8. The molecular weight excluding hydrogens is 668 g/mol. The van der Waals surface area contributed by atoms with Gasteiger partial charge in [0.1, 0.15) is 30.3 Å². The zero-order valence-corrected chi connectivity index (χ0v) is 33.7. The van der Waals surface area contributed by atoms with E-state index in [1.807, 2.05) is 20.8 Å². The number of carbonyl (C=O) groups excluding carboxylic acids is 6. The molecule has 0 fully saturated rings. The van der Waals surface area contributed by atoms with Gasteiger partial charge in [0.25, 0.3) is 0 Å². The summed E-state index contributed by atoms with van der Waals surface area (Å²) >= 11 is 0. The number of amides is 5. The summed E-state index contributed by atoms with van der Waals surface area (Å²) in [6, 6.07) is -4.11. The van der Waals surface area contributed by atoms with E-state index in [0.717, 1.165) is 25.7 Å². The minimum Gasteiger partial charge on any atom is -0.460 e. The third-order valence-corrected chi connectivity index (χ3v) is 9.91. The highest BCUT2D eigenvalue weighted by atomic mass is 16.5. The highest BCUT2D eigenvalue weighted by molar-refractivity contribution is 5.94. The first-order valence-electron chi connectivity index (χ1n) is 19.4. The number of hydrogen-bond acceptors (Lipinski definition) is 9. The van der Waals surface area contributed by atoms with Gasteiger partial charge in [-0.25, -0.2) is 4.79 Å². The molecule has 14 heteroatoms. The molecule has 9 atom stereocenters. The van der Waals surface area contributed by atoms with Gasteiger partial charge in [-0.05, 0) is 44.9 Å². The Morgan fingerprint density at radius 1 is 0.750 bits per heavy atom. The Bertz CT molecular complexity index is 1120. The van der Waals surface area contributed by atoms with Crippen LogP contribution in [-0.2, 0) is 33.5 Å². The van der Waals surface area contributed by atoms with Crippen molar-refractivity contribution in [2.75, 3.05) is 13.6 Å². The Labute approximate surface area is 312 Å². The Hall–Kier alpha value is -3.26. The van der Waals surface area contributed by atoms with Crippen molar-refractivity contribution in [3.63, 3.8) is 0 Å². The Kier molecular flexibility index (Phi) is 24.1. The fourth-order valence-corrected chi connectivity index (χ4v) is 5.74. The lowest BCUT2D eigenvalue weighted by molar-refractivity contribution is -0.160. The van der Waals surface area contributed by atoms with Crippen LogP contribution >= 0.6 is 0 Å². The van der Waals surface area contributed by atoms with Crippen LogP contribution in [-0.4, -0.2) is 95.5 Å². The van der Waals surface area contributed by atoms with Gasteiger partial charge in [-0.1, -0.05) is 99.8 Å². The summed E-state index contributed by atoms with van der Waals surface area (Å²) < 4.78 is 5.91. The molecule has 0 saturated heterocycles. The molecule has 52 heavy (non-hydrogen) atoms. The molecule has 0 heterocycles. The van der Waals surface area contributed by atoms with Crippen LogP contribution in [0.3, 0.4) is 0 Å². The number of esters is 1. The molecule has 0 saturated carbocycles. The quantitative estimate of drug-likeness (QED) is 0.0537. The number of unbranched alkanes of at least 4 members (excludes halogenated alkanes) is 7. The Morgan fingerprint density at radius 3 is 1.79 bits per heavy atom. The normalized spacial score (nSPS) is 16.6. The number of hydrogen-bond donors (Lipinski definition) is 6. The lowest BCUT2D eigenvalue weighted by Crippen LogP contribution is -2.60. The first kappa shape index (κ1) is 48.7. The molecule has 0 aromatic carbocycles. The molecule has 0 spiro atoms. The van der Waals surface area contributed by atoms with Crippen molar-refractivity contribution < 1.29 is 38.6 Å². The van der Waals surface area contributed by atoms with E-state index >= 15 is 0 Å². The first-order valence-corrected chi connectivity index (χ1v) is 19.4. The van der Waals surface area contributed by atoms with E-state index in [-0.39, 0.29) is 24.8 Å². The molecule has 0 aromatic heterocycles. The highest BCUT2D eigenvalue weighted by Crippen LogP contribution is 2.23. The minimum absolute atomic E-state index is 0.00638. The van der Waals surface area contributed by atoms with Crippen molar-refractivity contribution in [3.8, 4) is 0 Å². The van der Waals surface area contributed by atoms with Gasteiger partial charge >= 0.3 is 5.97 Å². The monoisotopic (exact) mass is 741 g/mol. The fraction of sp³-hybridized carbons (Fsp3) is 0.842. The average molecular weight is 741 g/mol. The predicted molar refractivity (Wildman–Crippen MR) is 202 cm³/mol. The fourth-order valence-electron chi connectivity index (χ4n) is 5.74. The molecule has 0 radical (unpaired) electrons. The number of nitrogens with one attached hydrogen (secondary N) is 3. The summed E-state index contributed by atoms with van der Waals surface area (Å²) in [7, 11) is 1.52. The van der Waals surface area contributed by atoms with Gasteiger partial charge < -0.3 is 42.2 Å². The maximum absolute atomic E-state index is 14.1. The zero-order valence-electron chi connectivity index (χ0n) is 33.7. The smallest absolute Gasteiger partial charge is 0.328 e. The van der Waals surface area contributed by atoms with E-state index in [2.05, 4.69) is 22.9 Å². The third-order valence-electron chi connectivity index (χ3n) is 9.91. The minimum atomic E-state index is -1.11. The van der Waals surface area contributed by atoms with Crippen LogP contribution in [0.15, 0.2) is 0 Å². The van der Waals surface area contributed by atoms with Crippen LogP contribution in [0, 0.1) is 23.7 Å². The molecule has 0 aliphatic rings. The van der Waals surface area contributed by atoms with E-state index in [1.165, 1.54) is 45.1 Å². The van der Waals surface area contributed by atoms with Crippen LogP contribution < -0.4 is 27.4 Å². The first-order chi connectivity index (χ1) is 24.3. The number of ether oxygens (including phenoxy) is 1. The van der Waals surface area contributed by atoms with Crippen LogP contribution in [0.5, 0.6) is 0 Å². The summed E-state index contributed by atoms with van der Waals surface area (Å²) in [6.07, 6.45) is 7.95. The van der Waals surface area contributed by atoms with Crippen LogP contribution in [0.2, 0.25) is 0 Å². The van der Waals surface area contributed by atoms with Gasteiger partial charge in [-0.3, -0.25) is 24.0 Å². The molecule has 0 rings (SSSR count). The molecule has 5 amide bonds. The van der Waals surface area contributed by atoms with Crippen molar-refractivity contribution in [2.45, 2.75) is 169 Å². The number of carbonyl (C=O) groups is 6. The predicted octanol–water partition coefficient (Wildman–Crippen LogP) is 2.92. The zero-order chi connectivity index (χ0) is 40.1. The van der Waals surface area contributed by atoms with E-state index in [9.17, 15) is 33.9 Å². The summed E-state index contributed by atoms with van der Waals surface area (Å²) in [6.45, 7) is 15.7. The highest BCUT2D eigenvalue weighted by Gasteiger charge is 2.38. The van der Waals surface area contributed by atoms with Gasteiger partial charge in [0.05, 0.1) is 17.9 Å². The number of primary amides is 1. The summed E-state index contributed by atoms with van der Waals surface area (Å²) in [4.78, 5) is 80.2. The summed E-state index contributed by atoms with van der Waals surface area (Å²) in [5.41, 5.74) is 11.0. The van der Waals surface area contributed by atoms with Gasteiger partial charge in [-0.15, -0.1) is 0 Å². The van der Waals surface area contributed by atoms with Crippen molar-refractivity contribution >= 4 is 35.5 Å². The maximum Gasteiger partial charge on any atom is 0.328 e. The topological polar surface area (TPSA) is 223 Å². The van der Waals surface area contributed by atoms with Crippen molar-refractivity contribution in [3.05, 3.63) is 0 Å². The van der Waals surface area contributed by atoms with Crippen molar-refractivity contribution in [1.29, 1.82) is 0 Å². The van der Waals surface area contributed by atoms with Crippen molar-refractivity contribution in [1.82, 2.24) is 20.9 Å². The summed E-state index contributed by atoms with van der Waals surface area (Å²) in [5, 5.41) is 17.7. The second-order valence-corrected chi connectivity index (χ2v) is 15.0. The Balaban J connectivity index is 6.16. The van der Waals surface area contributed by atoms with Crippen LogP contribution in [0.25, 0.3) is 0 Å². The second kappa shape index (κ2) is 25.7. The van der Waals surface area contributed by atoms with Crippen molar-refractivity contribution in [2.24, 2.45) is 35.1 Å². The number of nitrogens with zero attached hydrogens (tertiary/aromatic N) is 1. The number of likely N-dealkylation sites (N-methyl/N-ethyl adjacent to an activating group) is 1. The molecule has 0 aliphatic heterocycles. The lowest BCUT2D eigenvalue weighted by atomic mass is 9.94. The maximum atomic E-state index is 14.1. The molecule has 302 valence electrons. The number of aliphatic hydroxyl groups is 1. The van der Waals surface area contributed by atoms with E-state index in [0.29, 0.717) is 19.3 Å². The number of nitrogens with two attached hydrogens (primary N) is 2. The average Bonchev–Trinajstić information content (AvgIpc) is 3.09. The largest absolute Gasteiger partial charge is 0.460 e. The number of rotatable bonds is 27. The molecule has 0 bridgehead atoms. The standard InChI is InChI=1S/C38H72N6O8/c1-11-13-14-15-16-17-18-19-20-31(52-38(51)27(8)41-34(47)25(6)28(9)45)26(7)37(50)44(10)30(21-23(3)4)35(48)43-32(24(5)12-2)36(49)42-29(22-39)33(40)46/h23-32,45H,11-22,39H2,1-10H3,(H2,40,46)(H,41,47)(H,42,49)(H,43,48)/t24-,25+,26-,27+,28+,29+,30+,31-,32+/m1/s1. The molecule has 8 N–H and O–H groups in total. The summed E-state index contributed by atoms with van der Waals surface area (Å²) in [5.74, 6) is -5.47. The third kappa shape index (κ3) is 17.5. The van der Waals surface area contributed by atoms with Gasteiger partial charge in [0.2, 0.25) is 29.5 Å². The van der Waals surface area contributed by atoms with Crippen LogP contribution in [0.1, 0.15) is 133 Å². The Morgan fingerprint density at radius 2 is 1.31 bits per heavy atom. The van der Waals surface area contributed by atoms with E-state index in [4.69, 9.17) is 16.2 Å². The van der Waals surface area contributed by atoms with Crippen LogP contribution in [0.4, 0.5) is 0 Å². The van der Waals surface area contributed by atoms with Gasteiger partial charge in [0.15, 0.2) is 0 Å². The lowest BCUT2D eigenvalue weighted by Gasteiger charge is -2.34. The molecule has 0 aromatic rings. The SMILES string of the molecule is CCCCCCCCCC[C@@H](OC(=O)[C@H](C)NC(=O)[C@@H](C)[C@H](C)O)[C@@H](C)C(=O)N(C)[C@@H](CC(C)C)C(=O)N[C@H](C(=O)N[C@@H](CN)C(N)=O)[C@H](C)CC. The number of aliphatic hydroxyl groups excluding tert-OH is 1. The van der Waals surface area contributed by atoms with E-state index < -0.39 is 83.7 Å². The van der Waals surface area contributed by atoms with Gasteiger partial charge in [-0.2, -0.15) is 0 Å². The second-order valence-electron chi connectivity index (χ2n) is 15.0.